The van der Waals surface area contributed by atoms with Crippen LogP contribution in [0.1, 0.15) is 0 Å². The van der Waals surface area contributed by atoms with Crippen LogP contribution in [0.3, 0.4) is 0 Å². The summed E-state index contributed by atoms with van der Waals surface area (Å²) in [6, 6.07) is 0. The molecule has 0 spiro atoms. The molecule has 0 amide bonds. The number of ether oxygens (including phenoxy) is 3. The lowest BCUT2D eigenvalue weighted by Gasteiger charge is -2.04. The molecule has 0 aromatic heterocycles. The molecule has 0 atom stereocenters. The Balaban J connectivity index is -0.000000334. The minimum atomic E-state index is -1.83. The maximum Gasteiger partial charge on any atom is 0.503 e. The van der Waals surface area contributed by atoms with E-state index in [1.54, 1.807) is 12.2 Å². The van der Waals surface area contributed by atoms with Gasteiger partial charge < -0.3 is 34.6 Å². The van der Waals surface area contributed by atoms with Crippen LogP contribution in [0.25, 0.3) is 0 Å². The predicted octanol–water partition coefficient (Wildman–Crippen LogP) is 1.85. The van der Waals surface area contributed by atoms with E-state index >= 15 is 0 Å². The second-order valence-electron chi connectivity index (χ2n) is 2.90. The summed E-state index contributed by atoms with van der Waals surface area (Å²) in [6.45, 7) is 10.6. The molecule has 0 unspecified atom stereocenters. The summed E-state index contributed by atoms with van der Waals surface area (Å²) in [5.74, 6) is 0. The molecule has 0 aromatic carbocycles. The Kier molecular flexibility index (Phi) is 26.3. The number of hydrogen-bond donors (Lipinski definition) is 4. The van der Waals surface area contributed by atoms with Crippen molar-refractivity contribution in [1.29, 1.82) is 0 Å². The zero-order chi connectivity index (χ0) is 16.9. The first kappa shape index (κ1) is 24.0. The molecule has 0 aromatic rings. The first-order valence-corrected chi connectivity index (χ1v) is 5.67. The summed E-state index contributed by atoms with van der Waals surface area (Å²) in [4.78, 5) is 17.1. The van der Waals surface area contributed by atoms with Crippen LogP contribution in [0.2, 0.25) is 0 Å². The summed E-state index contributed by atoms with van der Waals surface area (Å²) in [6.07, 6.45) is -0.236. The smallest absolute Gasteiger partial charge is 0.450 e. The maximum atomic E-state index is 8.56. The molecule has 0 radical (unpaired) electrons. The van der Waals surface area contributed by atoms with Gasteiger partial charge in [-0.25, -0.2) is 9.59 Å². The molecular weight excluding hydrogens is 288 g/mol. The van der Waals surface area contributed by atoms with Gasteiger partial charge in [0.2, 0.25) is 0 Å². The molecule has 9 heteroatoms. The van der Waals surface area contributed by atoms with E-state index in [1.807, 2.05) is 0 Å². The van der Waals surface area contributed by atoms with Gasteiger partial charge in [0.1, 0.15) is 0 Å². The fourth-order valence-electron chi connectivity index (χ4n) is 0.671. The lowest BCUT2D eigenvalue weighted by atomic mass is 10.6. The zero-order valence-electron chi connectivity index (χ0n) is 11.6. The lowest BCUT2D eigenvalue weighted by Crippen LogP contribution is -2.09. The zero-order valence-corrected chi connectivity index (χ0v) is 11.6. The van der Waals surface area contributed by atoms with E-state index in [9.17, 15) is 0 Å². The maximum absolute atomic E-state index is 8.56. The largest absolute Gasteiger partial charge is 0.503 e. The van der Waals surface area contributed by atoms with Crippen LogP contribution in [-0.4, -0.2) is 72.4 Å². The first-order valence-electron chi connectivity index (χ1n) is 5.67. The topological polar surface area (TPSA) is 143 Å². The van der Waals surface area contributed by atoms with Crippen LogP contribution in [0.4, 0.5) is 9.59 Å². The summed E-state index contributed by atoms with van der Waals surface area (Å²) < 4.78 is 15.4. The van der Waals surface area contributed by atoms with Crippen LogP contribution in [0, 0.1) is 0 Å². The molecule has 0 saturated heterocycles. The third kappa shape index (κ3) is 72.5. The van der Waals surface area contributed by atoms with E-state index in [-0.39, 0.29) is 0 Å². The number of hydrogen-bond acceptors (Lipinski definition) is 5. The van der Waals surface area contributed by atoms with Gasteiger partial charge in [0.25, 0.3) is 0 Å². The number of carbonyl (C=O) groups is 2. The van der Waals surface area contributed by atoms with Crippen molar-refractivity contribution in [3.05, 3.63) is 25.3 Å². The van der Waals surface area contributed by atoms with Crippen LogP contribution >= 0.6 is 0 Å². The molecule has 0 heterocycles. The van der Waals surface area contributed by atoms with Crippen molar-refractivity contribution in [2.24, 2.45) is 0 Å². The Hall–Kier alpha value is -2.10. The fourth-order valence-corrected chi connectivity index (χ4v) is 0.671. The van der Waals surface area contributed by atoms with Gasteiger partial charge in [0.15, 0.2) is 0 Å². The Labute approximate surface area is 122 Å². The van der Waals surface area contributed by atoms with Crippen molar-refractivity contribution >= 4 is 12.3 Å². The highest BCUT2D eigenvalue weighted by Gasteiger charge is 1.88. The summed E-state index contributed by atoms with van der Waals surface area (Å²) in [5.41, 5.74) is 0. The average Bonchev–Trinajstić information content (AvgIpc) is 2.35. The van der Waals surface area contributed by atoms with Gasteiger partial charge in [-0.05, 0) is 0 Å². The molecule has 9 nitrogen and oxygen atoms in total. The Bertz CT molecular complexity index is 231. The molecule has 124 valence electrons. The minimum absolute atomic E-state index is 0.580. The third-order valence-electron chi connectivity index (χ3n) is 1.22. The van der Waals surface area contributed by atoms with E-state index in [1.165, 1.54) is 0 Å². The van der Waals surface area contributed by atoms with E-state index in [2.05, 4.69) is 13.2 Å². The van der Waals surface area contributed by atoms with E-state index < -0.39 is 12.3 Å². The first-order chi connectivity index (χ1) is 9.88. The Morgan fingerprint density at radius 3 is 1.19 bits per heavy atom. The number of rotatable bonds is 10. The summed E-state index contributed by atoms with van der Waals surface area (Å²) >= 11 is 0. The van der Waals surface area contributed by atoms with E-state index in [4.69, 9.17) is 44.2 Å². The molecule has 4 N–H and O–H groups in total. The average molecular weight is 310 g/mol. The highest BCUT2D eigenvalue weighted by molar-refractivity contribution is 5.53. The molecule has 21 heavy (non-hydrogen) atoms. The van der Waals surface area contributed by atoms with Gasteiger partial charge in [-0.3, -0.25) is 0 Å². The van der Waals surface area contributed by atoms with Crippen molar-refractivity contribution in [1.82, 2.24) is 0 Å². The van der Waals surface area contributed by atoms with Gasteiger partial charge in [-0.1, -0.05) is 12.2 Å². The van der Waals surface area contributed by atoms with Gasteiger partial charge in [-0.2, -0.15) is 0 Å². The molecule has 0 aliphatic rings. The van der Waals surface area contributed by atoms with Crippen molar-refractivity contribution in [2.45, 2.75) is 0 Å². The van der Waals surface area contributed by atoms with Crippen molar-refractivity contribution in [3.8, 4) is 0 Å². The predicted molar refractivity (Wildman–Crippen MR) is 74.2 cm³/mol. The van der Waals surface area contributed by atoms with E-state index in [0.717, 1.165) is 0 Å². The molecule has 0 aliphatic carbocycles. The highest BCUT2D eigenvalue weighted by atomic mass is 16.6. The van der Waals surface area contributed by atoms with Crippen LogP contribution in [0.5, 0.6) is 0 Å². The standard InChI is InChI=1S/C10H18O3.2CH2O3/c1-3-5-11-7-9-13-10-8-12-6-4-2;2*2-1(3)4/h3-4H,1-2,5-10H2;2*(H2,2,3,4). The minimum Gasteiger partial charge on any atom is -0.450 e. The molecular formula is C12H22O9. The molecule has 0 aliphatic heterocycles. The molecule has 0 fully saturated rings. The summed E-state index contributed by atoms with van der Waals surface area (Å²) in [7, 11) is 0. The fraction of sp³-hybridized carbons (Fsp3) is 0.500. The quantitative estimate of drug-likeness (QED) is 0.351. The van der Waals surface area contributed by atoms with Crippen molar-refractivity contribution in [2.75, 3.05) is 39.6 Å². The van der Waals surface area contributed by atoms with Crippen LogP contribution in [0.15, 0.2) is 25.3 Å². The number of carboxylic acid groups (broad SMARTS) is 4. The van der Waals surface area contributed by atoms with Gasteiger partial charge in [0.05, 0.1) is 39.6 Å². The lowest BCUT2D eigenvalue weighted by molar-refractivity contribution is 0.0253. The van der Waals surface area contributed by atoms with E-state index in [0.29, 0.717) is 39.6 Å². The second kappa shape index (κ2) is 23.0. The highest BCUT2D eigenvalue weighted by Crippen LogP contribution is 1.81. The Morgan fingerprint density at radius 2 is 0.952 bits per heavy atom. The molecule has 0 saturated carbocycles. The van der Waals surface area contributed by atoms with Crippen molar-refractivity contribution in [3.63, 3.8) is 0 Å². The summed E-state index contributed by atoms with van der Waals surface area (Å²) in [5, 5.41) is 27.9. The Morgan fingerprint density at radius 1 is 0.714 bits per heavy atom. The van der Waals surface area contributed by atoms with Gasteiger partial charge >= 0.3 is 12.3 Å². The van der Waals surface area contributed by atoms with Gasteiger partial charge in [0, 0.05) is 0 Å². The van der Waals surface area contributed by atoms with Gasteiger partial charge in [-0.15, -0.1) is 13.2 Å². The van der Waals surface area contributed by atoms with Crippen molar-refractivity contribution < 1.29 is 44.2 Å². The van der Waals surface area contributed by atoms with Crippen LogP contribution in [-0.2, 0) is 14.2 Å². The normalized spacial score (nSPS) is 8.38. The third-order valence-corrected chi connectivity index (χ3v) is 1.22. The van der Waals surface area contributed by atoms with Crippen LogP contribution < -0.4 is 0 Å². The second-order valence-corrected chi connectivity index (χ2v) is 2.90. The molecule has 0 bridgehead atoms. The SMILES string of the molecule is C=CCOCCOCCOCC=C.O=C(O)O.O=C(O)O. The monoisotopic (exact) mass is 310 g/mol. The molecule has 0 rings (SSSR count).